The molecule has 1 aromatic rings. The summed E-state index contributed by atoms with van der Waals surface area (Å²) in [6.07, 6.45) is -0.376. The van der Waals surface area contributed by atoms with E-state index in [4.69, 9.17) is 4.74 Å². The summed E-state index contributed by atoms with van der Waals surface area (Å²) in [5.41, 5.74) is 0. The quantitative estimate of drug-likeness (QED) is 0.558. The van der Waals surface area contributed by atoms with Crippen LogP contribution in [-0.2, 0) is 0 Å². The molecule has 0 amide bonds. The Hall–Kier alpha value is -1.10. The summed E-state index contributed by atoms with van der Waals surface area (Å²) >= 11 is 0. The van der Waals surface area contributed by atoms with Crippen molar-refractivity contribution in [2.24, 2.45) is 0 Å². The van der Waals surface area contributed by atoms with Crippen LogP contribution in [0.25, 0.3) is 0 Å². The van der Waals surface area contributed by atoms with Gasteiger partial charge in [-0.05, 0) is 12.1 Å². The first kappa shape index (κ1) is 13.3. The highest BCUT2D eigenvalue weighted by Crippen LogP contribution is 2.08. The van der Waals surface area contributed by atoms with Gasteiger partial charge in [0.15, 0.2) is 0 Å². The minimum absolute atomic E-state index is 0.376. The van der Waals surface area contributed by atoms with Crippen molar-refractivity contribution in [3.05, 3.63) is 30.3 Å². The topological polar surface area (TPSA) is 38.3 Å². The molecule has 0 radical (unpaired) electrons. The number of benzene rings is 1. The third-order valence-electron chi connectivity index (χ3n) is 3.52. The van der Waals surface area contributed by atoms with Crippen molar-refractivity contribution in [1.82, 2.24) is 0 Å². The third-order valence-corrected chi connectivity index (χ3v) is 3.52. The van der Waals surface area contributed by atoms with Gasteiger partial charge >= 0.3 is 0 Å². The molecule has 1 aliphatic rings. The summed E-state index contributed by atoms with van der Waals surface area (Å²) in [6, 6.07) is 9.67. The molecule has 3 N–H and O–H groups in total. The molecule has 1 aromatic carbocycles. The van der Waals surface area contributed by atoms with Crippen LogP contribution >= 0.6 is 0 Å². The second kappa shape index (κ2) is 6.73. The number of piperazine rings is 1. The molecule has 4 nitrogen and oxygen atoms in total. The first-order valence-corrected chi connectivity index (χ1v) is 6.75. The van der Waals surface area contributed by atoms with Crippen molar-refractivity contribution >= 4 is 0 Å². The highest BCUT2D eigenvalue weighted by molar-refractivity contribution is 5.20. The largest absolute Gasteiger partial charge is 0.491 e. The number of nitrogens with one attached hydrogen (secondary N) is 2. The molecule has 1 fully saturated rings. The first-order valence-electron chi connectivity index (χ1n) is 6.75. The standard InChI is InChI=1S/C14H22N2O2/c1-15-7-9-16(10-8-15)11-13(17)12-18-14-5-3-2-4-6-14/h2-6,13,17H,7-12H2,1H3/p+2/t13-/m0/s1. The monoisotopic (exact) mass is 252 g/mol. The first-order chi connectivity index (χ1) is 8.74. The third kappa shape index (κ3) is 4.29. The van der Waals surface area contributed by atoms with E-state index in [0.29, 0.717) is 6.61 Å². The van der Waals surface area contributed by atoms with Crippen LogP contribution in [0.5, 0.6) is 5.75 Å². The lowest BCUT2D eigenvalue weighted by atomic mass is 10.3. The van der Waals surface area contributed by atoms with Gasteiger partial charge in [-0.15, -0.1) is 0 Å². The Morgan fingerprint density at radius 1 is 1.17 bits per heavy atom. The Bertz CT molecular complexity index is 337. The van der Waals surface area contributed by atoms with E-state index in [1.54, 1.807) is 4.90 Å². The molecule has 2 rings (SSSR count). The lowest BCUT2D eigenvalue weighted by Crippen LogP contribution is -3.27. The van der Waals surface area contributed by atoms with Crippen molar-refractivity contribution in [2.75, 3.05) is 46.4 Å². The van der Waals surface area contributed by atoms with Crippen LogP contribution in [0.15, 0.2) is 30.3 Å². The van der Waals surface area contributed by atoms with Crippen molar-refractivity contribution in [2.45, 2.75) is 6.10 Å². The molecule has 0 unspecified atom stereocenters. The maximum atomic E-state index is 9.98. The summed E-state index contributed by atoms with van der Waals surface area (Å²) in [4.78, 5) is 3.08. The lowest BCUT2D eigenvalue weighted by Gasteiger charge is -2.28. The van der Waals surface area contributed by atoms with E-state index in [2.05, 4.69) is 7.05 Å². The van der Waals surface area contributed by atoms with Crippen molar-refractivity contribution < 1.29 is 19.6 Å². The predicted octanol–water partition coefficient (Wildman–Crippen LogP) is -2.16. The number of para-hydroxylation sites is 1. The number of quaternary nitrogens is 2. The number of hydrogen-bond acceptors (Lipinski definition) is 2. The highest BCUT2D eigenvalue weighted by atomic mass is 16.5. The SMILES string of the molecule is C[NH+]1CC[NH+](C[C@H](O)COc2ccccc2)CC1. The number of ether oxygens (including phenoxy) is 1. The van der Waals surface area contributed by atoms with Gasteiger partial charge in [0.05, 0.1) is 7.05 Å². The molecule has 0 bridgehead atoms. The number of hydrogen-bond donors (Lipinski definition) is 3. The molecule has 0 spiro atoms. The number of likely N-dealkylation sites (N-methyl/N-ethyl adjacent to an activating group) is 1. The van der Waals surface area contributed by atoms with Crippen molar-refractivity contribution in [3.63, 3.8) is 0 Å². The molecule has 0 aliphatic carbocycles. The lowest BCUT2D eigenvalue weighted by molar-refractivity contribution is -1.00. The van der Waals surface area contributed by atoms with Gasteiger partial charge in [0.2, 0.25) is 0 Å². The van der Waals surface area contributed by atoms with Gasteiger partial charge in [0, 0.05) is 0 Å². The van der Waals surface area contributed by atoms with Crippen LogP contribution in [0.2, 0.25) is 0 Å². The highest BCUT2D eigenvalue weighted by Gasteiger charge is 2.22. The maximum Gasteiger partial charge on any atom is 0.137 e. The molecular formula is C14H24N2O2+2. The van der Waals surface area contributed by atoms with Crippen LogP contribution in [0.4, 0.5) is 0 Å². The second-order valence-corrected chi connectivity index (χ2v) is 5.19. The Morgan fingerprint density at radius 3 is 2.50 bits per heavy atom. The molecule has 1 aliphatic heterocycles. The summed E-state index contributed by atoms with van der Waals surface area (Å²) in [6.45, 7) is 5.86. The zero-order valence-corrected chi connectivity index (χ0v) is 11.1. The van der Waals surface area contributed by atoms with Crippen LogP contribution in [0.3, 0.4) is 0 Å². The van der Waals surface area contributed by atoms with E-state index in [1.165, 1.54) is 18.0 Å². The predicted molar refractivity (Wildman–Crippen MR) is 70.1 cm³/mol. The minimum Gasteiger partial charge on any atom is -0.491 e. The van der Waals surface area contributed by atoms with Gasteiger partial charge < -0.3 is 19.6 Å². The Balaban J connectivity index is 1.67. The fourth-order valence-corrected chi connectivity index (χ4v) is 2.34. The van der Waals surface area contributed by atoms with Crippen LogP contribution in [0.1, 0.15) is 0 Å². The van der Waals surface area contributed by atoms with Gasteiger partial charge in [-0.3, -0.25) is 0 Å². The number of aliphatic hydroxyl groups excluding tert-OH is 1. The van der Waals surface area contributed by atoms with Crippen LogP contribution in [0, 0.1) is 0 Å². The van der Waals surface area contributed by atoms with E-state index in [0.717, 1.165) is 25.4 Å². The maximum absolute atomic E-state index is 9.98. The van der Waals surface area contributed by atoms with Gasteiger partial charge in [0.1, 0.15) is 51.2 Å². The molecule has 0 saturated carbocycles. The summed E-state index contributed by atoms with van der Waals surface area (Å²) in [7, 11) is 2.23. The molecule has 100 valence electrons. The molecule has 18 heavy (non-hydrogen) atoms. The summed E-state index contributed by atoms with van der Waals surface area (Å²) in [5.74, 6) is 0.828. The van der Waals surface area contributed by atoms with Crippen molar-refractivity contribution in [1.29, 1.82) is 0 Å². The normalized spacial score (nSPS) is 25.7. The Morgan fingerprint density at radius 2 is 1.83 bits per heavy atom. The fourth-order valence-electron chi connectivity index (χ4n) is 2.34. The second-order valence-electron chi connectivity index (χ2n) is 5.19. The summed E-state index contributed by atoms with van der Waals surface area (Å²) in [5, 5.41) is 9.98. The molecule has 1 heterocycles. The fraction of sp³-hybridized carbons (Fsp3) is 0.571. The minimum atomic E-state index is -0.376. The Kier molecular flexibility index (Phi) is 4.99. The zero-order valence-electron chi connectivity index (χ0n) is 11.1. The average molecular weight is 252 g/mol. The van der Waals surface area contributed by atoms with E-state index in [1.807, 2.05) is 30.3 Å². The Labute approximate surface area is 109 Å². The summed E-state index contributed by atoms with van der Waals surface area (Å²) < 4.78 is 5.56. The number of rotatable bonds is 5. The molecule has 1 saturated heterocycles. The molecular weight excluding hydrogens is 228 g/mol. The van der Waals surface area contributed by atoms with Gasteiger partial charge in [-0.1, -0.05) is 18.2 Å². The van der Waals surface area contributed by atoms with E-state index < -0.39 is 0 Å². The van der Waals surface area contributed by atoms with E-state index >= 15 is 0 Å². The van der Waals surface area contributed by atoms with Crippen LogP contribution in [-0.4, -0.2) is 57.6 Å². The van der Waals surface area contributed by atoms with Gasteiger partial charge in [-0.2, -0.15) is 0 Å². The van der Waals surface area contributed by atoms with Crippen molar-refractivity contribution in [3.8, 4) is 5.75 Å². The molecule has 4 heteroatoms. The zero-order chi connectivity index (χ0) is 12.8. The van der Waals surface area contributed by atoms with E-state index in [-0.39, 0.29) is 6.10 Å². The molecule has 1 atom stereocenters. The number of aliphatic hydroxyl groups is 1. The van der Waals surface area contributed by atoms with Crippen LogP contribution < -0.4 is 14.5 Å². The molecule has 0 aromatic heterocycles. The average Bonchev–Trinajstić information content (AvgIpc) is 2.40. The van der Waals surface area contributed by atoms with Gasteiger partial charge in [-0.25, -0.2) is 0 Å². The smallest absolute Gasteiger partial charge is 0.137 e. The van der Waals surface area contributed by atoms with Gasteiger partial charge in [0.25, 0.3) is 0 Å². The van der Waals surface area contributed by atoms with E-state index in [9.17, 15) is 5.11 Å².